The average Bonchev–Trinajstić information content (AvgIpc) is 2.47. The number of halogens is 1. The van der Waals surface area contributed by atoms with Gasteiger partial charge in [-0.3, -0.25) is 4.79 Å². The van der Waals surface area contributed by atoms with Crippen LogP contribution in [0.5, 0.6) is 0 Å². The lowest BCUT2D eigenvalue weighted by molar-refractivity contribution is -0.115. The average molecular weight is 300 g/mol. The topological polar surface area (TPSA) is 64.9 Å². The Balaban J connectivity index is 1.81. The normalized spacial score (nSPS) is 9.71. The Morgan fingerprint density at radius 2 is 1.90 bits per heavy atom. The van der Waals surface area contributed by atoms with Crippen molar-refractivity contribution < 1.29 is 4.79 Å². The third kappa shape index (κ3) is 4.83. The van der Waals surface area contributed by atoms with Crippen LogP contribution in [0, 0.1) is 11.3 Å². The van der Waals surface area contributed by atoms with Gasteiger partial charge in [-0.05, 0) is 36.4 Å². The first kappa shape index (κ1) is 14.9. The molecule has 0 heterocycles. The maximum absolute atomic E-state index is 11.8. The Hall–Kier alpha value is -2.51. The van der Waals surface area contributed by atoms with Crippen LogP contribution in [0.2, 0.25) is 5.02 Å². The van der Waals surface area contributed by atoms with Crippen molar-refractivity contribution in [3.63, 3.8) is 0 Å². The van der Waals surface area contributed by atoms with E-state index in [0.717, 1.165) is 5.69 Å². The van der Waals surface area contributed by atoms with Crippen LogP contribution in [0.4, 0.5) is 11.4 Å². The summed E-state index contributed by atoms with van der Waals surface area (Å²) in [6.45, 7) is 0.504. The number of hydrogen-bond donors (Lipinski definition) is 2. The first-order valence-electron chi connectivity index (χ1n) is 6.47. The SMILES string of the molecule is N#Cc1cccc(NC(=O)CCNc2cccc(Cl)c2)c1. The van der Waals surface area contributed by atoms with Crippen molar-refractivity contribution >= 4 is 28.9 Å². The van der Waals surface area contributed by atoms with Crippen LogP contribution in [-0.2, 0) is 4.79 Å². The van der Waals surface area contributed by atoms with E-state index >= 15 is 0 Å². The van der Waals surface area contributed by atoms with E-state index in [9.17, 15) is 4.79 Å². The molecule has 0 saturated carbocycles. The summed E-state index contributed by atoms with van der Waals surface area (Å²) in [6.07, 6.45) is 0.323. The van der Waals surface area contributed by atoms with Gasteiger partial charge in [0.15, 0.2) is 0 Å². The molecule has 0 unspecified atom stereocenters. The lowest BCUT2D eigenvalue weighted by Crippen LogP contribution is -2.16. The molecule has 0 saturated heterocycles. The van der Waals surface area contributed by atoms with Crippen LogP contribution in [0.1, 0.15) is 12.0 Å². The molecule has 0 atom stereocenters. The van der Waals surface area contributed by atoms with Crippen molar-refractivity contribution in [3.8, 4) is 6.07 Å². The highest BCUT2D eigenvalue weighted by Gasteiger charge is 2.03. The van der Waals surface area contributed by atoms with E-state index in [2.05, 4.69) is 10.6 Å². The Kier molecular flexibility index (Phi) is 5.19. The number of hydrogen-bond acceptors (Lipinski definition) is 3. The van der Waals surface area contributed by atoms with E-state index in [4.69, 9.17) is 16.9 Å². The molecule has 4 nitrogen and oxygen atoms in total. The summed E-state index contributed by atoms with van der Waals surface area (Å²) in [7, 11) is 0. The molecular weight excluding hydrogens is 286 g/mol. The van der Waals surface area contributed by atoms with E-state index in [1.807, 2.05) is 18.2 Å². The lowest BCUT2D eigenvalue weighted by Gasteiger charge is -2.08. The zero-order valence-electron chi connectivity index (χ0n) is 11.3. The molecular formula is C16H14ClN3O. The molecule has 5 heteroatoms. The molecule has 2 N–H and O–H groups in total. The summed E-state index contributed by atoms with van der Waals surface area (Å²) in [5.41, 5.74) is 2.02. The van der Waals surface area contributed by atoms with Gasteiger partial charge in [-0.15, -0.1) is 0 Å². The van der Waals surface area contributed by atoms with Crippen LogP contribution < -0.4 is 10.6 Å². The zero-order chi connectivity index (χ0) is 15.1. The standard InChI is InChI=1S/C16H14ClN3O/c17-13-4-2-5-14(10-13)19-8-7-16(21)20-15-6-1-3-12(9-15)11-18/h1-6,9-10,19H,7-8H2,(H,20,21). The number of nitrogens with one attached hydrogen (secondary N) is 2. The first-order chi connectivity index (χ1) is 10.2. The molecule has 0 aliphatic rings. The van der Waals surface area contributed by atoms with E-state index in [0.29, 0.717) is 29.2 Å². The molecule has 0 aliphatic heterocycles. The Morgan fingerprint density at radius 1 is 1.14 bits per heavy atom. The molecule has 0 aliphatic carbocycles. The van der Waals surface area contributed by atoms with Gasteiger partial charge in [-0.1, -0.05) is 23.7 Å². The molecule has 2 aromatic rings. The Labute approximate surface area is 128 Å². The summed E-state index contributed by atoms with van der Waals surface area (Å²) >= 11 is 5.88. The number of anilines is 2. The lowest BCUT2D eigenvalue weighted by atomic mass is 10.2. The van der Waals surface area contributed by atoms with Gasteiger partial charge in [-0.2, -0.15) is 5.26 Å². The number of amides is 1. The zero-order valence-corrected chi connectivity index (χ0v) is 12.0. The number of rotatable bonds is 5. The second-order valence-electron chi connectivity index (χ2n) is 4.43. The van der Waals surface area contributed by atoms with Crippen molar-refractivity contribution in [1.82, 2.24) is 0 Å². The fraction of sp³-hybridized carbons (Fsp3) is 0.125. The quantitative estimate of drug-likeness (QED) is 0.885. The van der Waals surface area contributed by atoms with Gasteiger partial charge in [0.1, 0.15) is 0 Å². The smallest absolute Gasteiger partial charge is 0.226 e. The molecule has 0 bridgehead atoms. The van der Waals surface area contributed by atoms with Crippen molar-refractivity contribution in [2.45, 2.75) is 6.42 Å². The van der Waals surface area contributed by atoms with Gasteiger partial charge in [0.05, 0.1) is 11.6 Å². The highest BCUT2D eigenvalue weighted by Crippen LogP contribution is 2.15. The molecule has 0 aromatic heterocycles. The highest BCUT2D eigenvalue weighted by molar-refractivity contribution is 6.30. The number of benzene rings is 2. The molecule has 0 fully saturated rings. The van der Waals surface area contributed by atoms with Crippen LogP contribution >= 0.6 is 11.6 Å². The minimum Gasteiger partial charge on any atom is -0.384 e. The highest BCUT2D eigenvalue weighted by atomic mass is 35.5. The van der Waals surface area contributed by atoms with Gasteiger partial charge in [-0.25, -0.2) is 0 Å². The summed E-state index contributed by atoms with van der Waals surface area (Å²) in [5.74, 6) is -0.111. The summed E-state index contributed by atoms with van der Waals surface area (Å²) < 4.78 is 0. The third-order valence-electron chi connectivity index (χ3n) is 2.78. The predicted molar refractivity (Wildman–Crippen MR) is 84.3 cm³/mol. The van der Waals surface area contributed by atoms with Gasteiger partial charge >= 0.3 is 0 Å². The summed E-state index contributed by atoms with van der Waals surface area (Å²) in [5, 5.41) is 15.3. The van der Waals surface area contributed by atoms with Gasteiger partial charge < -0.3 is 10.6 Å². The number of carbonyl (C=O) groups excluding carboxylic acids is 1. The van der Waals surface area contributed by atoms with E-state index in [-0.39, 0.29) is 5.91 Å². The Morgan fingerprint density at radius 3 is 2.67 bits per heavy atom. The number of nitrogens with zero attached hydrogens (tertiary/aromatic N) is 1. The molecule has 0 radical (unpaired) electrons. The second kappa shape index (κ2) is 7.32. The van der Waals surface area contributed by atoms with Crippen molar-refractivity contribution in [2.24, 2.45) is 0 Å². The third-order valence-corrected chi connectivity index (χ3v) is 3.02. The van der Waals surface area contributed by atoms with E-state index in [1.165, 1.54) is 0 Å². The van der Waals surface area contributed by atoms with E-state index < -0.39 is 0 Å². The maximum atomic E-state index is 11.8. The first-order valence-corrected chi connectivity index (χ1v) is 6.84. The van der Waals surface area contributed by atoms with Gasteiger partial charge in [0.25, 0.3) is 0 Å². The summed E-state index contributed by atoms with van der Waals surface area (Å²) in [4.78, 5) is 11.8. The minimum absolute atomic E-state index is 0.111. The van der Waals surface area contributed by atoms with Crippen LogP contribution in [0.15, 0.2) is 48.5 Å². The van der Waals surface area contributed by atoms with Crippen LogP contribution in [0.25, 0.3) is 0 Å². The van der Waals surface area contributed by atoms with Crippen molar-refractivity contribution in [3.05, 3.63) is 59.1 Å². The molecule has 1 amide bonds. The van der Waals surface area contributed by atoms with Crippen LogP contribution in [-0.4, -0.2) is 12.5 Å². The van der Waals surface area contributed by atoms with Crippen molar-refractivity contribution in [1.29, 1.82) is 5.26 Å². The fourth-order valence-electron chi connectivity index (χ4n) is 1.81. The second-order valence-corrected chi connectivity index (χ2v) is 4.86. The molecule has 106 valence electrons. The monoisotopic (exact) mass is 299 g/mol. The fourth-order valence-corrected chi connectivity index (χ4v) is 2.00. The molecule has 2 rings (SSSR count). The summed E-state index contributed by atoms with van der Waals surface area (Å²) in [6, 6.07) is 16.2. The van der Waals surface area contributed by atoms with Crippen molar-refractivity contribution in [2.75, 3.05) is 17.2 Å². The largest absolute Gasteiger partial charge is 0.384 e. The molecule has 0 spiro atoms. The number of nitriles is 1. The Bertz CT molecular complexity index is 679. The molecule has 2 aromatic carbocycles. The van der Waals surface area contributed by atoms with E-state index in [1.54, 1.807) is 36.4 Å². The minimum atomic E-state index is -0.111. The van der Waals surface area contributed by atoms with Gasteiger partial charge in [0.2, 0.25) is 5.91 Å². The van der Waals surface area contributed by atoms with Gasteiger partial charge in [0, 0.05) is 29.4 Å². The maximum Gasteiger partial charge on any atom is 0.226 e. The molecule has 21 heavy (non-hydrogen) atoms. The van der Waals surface area contributed by atoms with Crippen LogP contribution in [0.3, 0.4) is 0 Å². The predicted octanol–water partition coefficient (Wildman–Crippen LogP) is 3.65. The number of carbonyl (C=O) groups is 1.